The maximum absolute atomic E-state index is 5.97. The Kier molecular flexibility index (Phi) is 3.98. The summed E-state index contributed by atoms with van der Waals surface area (Å²) < 4.78 is 11.1. The van der Waals surface area contributed by atoms with E-state index in [1.165, 1.54) is 0 Å². The van der Waals surface area contributed by atoms with Crippen LogP contribution in [0.4, 0.5) is 5.82 Å². The molecule has 1 aromatic carbocycles. The maximum Gasteiger partial charge on any atom is 0.270 e. The zero-order chi connectivity index (χ0) is 17.9. The molecule has 0 aliphatic heterocycles. The SMILES string of the molecule is COc1cnccc1-c1cnc(N)c(-c2nnc(-c3ccccc3)o2)n1.[HH].[HH]. The standard InChI is InChI=1S/C18H14N6O2.2H2/c1-25-14-10-20-8-7-12(14)13-9-21-16(19)15(22-13)18-24-23-17(26-18)11-5-3-2-4-6-11;;/h2-10H,1H3,(H2,19,21);2*1H. The topological polar surface area (TPSA) is 113 Å². The molecule has 0 bridgehead atoms. The summed E-state index contributed by atoms with van der Waals surface area (Å²) in [7, 11) is 1.57. The van der Waals surface area contributed by atoms with Crippen LogP contribution >= 0.6 is 0 Å². The molecule has 0 aliphatic rings. The molecule has 3 aromatic heterocycles. The van der Waals surface area contributed by atoms with Crippen molar-refractivity contribution >= 4 is 5.82 Å². The van der Waals surface area contributed by atoms with Crippen LogP contribution in [0.25, 0.3) is 34.3 Å². The van der Waals surface area contributed by atoms with Crippen LogP contribution in [0.15, 0.2) is 59.4 Å². The molecule has 132 valence electrons. The minimum Gasteiger partial charge on any atom is -0.494 e. The Balaban J connectivity index is 0.00000140. The zero-order valence-electron chi connectivity index (χ0n) is 13.8. The number of hydrogen-bond donors (Lipinski definition) is 1. The molecule has 0 aliphatic carbocycles. The van der Waals surface area contributed by atoms with Crippen molar-refractivity contribution in [2.75, 3.05) is 12.8 Å². The molecule has 0 atom stereocenters. The number of aromatic nitrogens is 5. The fourth-order valence-electron chi connectivity index (χ4n) is 2.46. The highest BCUT2D eigenvalue weighted by atomic mass is 16.5. The lowest BCUT2D eigenvalue weighted by Crippen LogP contribution is -2.00. The van der Waals surface area contributed by atoms with Crippen LogP contribution in [0.5, 0.6) is 5.75 Å². The second kappa shape index (κ2) is 6.60. The minimum absolute atomic E-state index is 0. The molecule has 4 aromatic rings. The Morgan fingerprint density at radius 2 is 1.85 bits per heavy atom. The summed E-state index contributed by atoms with van der Waals surface area (Å²) in [5, 5.41) is 8.12. The molecule has 0 radical (unpaired) electrons. The molecule has 0 unspecified atom stereocenters. The zero-order valence-corrected chi connectivity index (χ0v) is 13.8. The van der Waals surface area contributed by atoms with E-state index in [0.29, 0.717) is 23.0 Å². The predicted octanol–water partition coefficient (Wildman–Crippen LogP) is 3.34. The number of nitrogen functional groups attached to an aromatic ring is 1. The molecule has 4 rings (SSSR count). The van der Waals surface area contributed by atoms with Crippen LogP contribution in [0.3, 0.4) is 0 Å². The fraction of sp³-hybridized carbons (Fsp3) is 0.0556. The summed E-state index contributed by atoms with van der Waals surface area (Å²) in [6.07, 6.45) is 4.81. The van der Waals surface area contributed by atoms with Crippen LogP contribution in [0, 0.1) is 0 Å². The van der Waals surface area contributed by atoms with Gasteiger partial charge in [0.2, 0.25) is 5.89 Å². The van der Waals surface area contributed by atoms with Crippen molar-refractivity contribution in [3.8, 4) is 40.0 Å². The number of nitrogens with zero attached hydrogens (tertiary/aromatic N) is 5. The van der Waals surface area contributed by atoms with Gasteiger partial charge in [0.05, 0.1) is 25.2 Å². The highest BCUT2D eigenvalue weighted by Gasteiger charge is 2.17. The van der Waals surface area contributed by atoms with Crippen LogP contribution < -0.4 is 10.5 Å². The van der Waals surface area contributed by atoms with Gasteiger partial charge in [-0.25, -0.2) is 9.97 Å². The number of hydrogen-bond acceptors (Lipinski definition) is 8. The van der Waals surface area contributed by atoms with E-state index in [9.17, 15) is 0 Å². The summed E-state index contributed by atoms with van der Waals surface area (Å²) in [6.45, 7) is 0. The monoisotopic (exact) mass is 350 g/mol. The van der Waals surface area contributed by atoms with E-state index in [-0.39, 0.29) is 14.6 Å². The van der Waals surface area contributed by atoms with E-state index in [1.54, 1.807) is 31.8 Å². The smallest absolute Gasteiger partial charge is 0.270 e. The molecule has 8 nitrogen and oxygen atoms in total. The van der Waals surface area contributed by atoms with Crippen molar-refractivity contribution in [2.24, 2.45) is 0 Å². The second-order valence-corrected chi connectivity index (χ2v) is 5.34. The van der Waals surface area contributed by atoms with Crippen LogP contribution in [0.1, 0.15) is 2.85 Å². The predicted molar refractivity (Wildman–Crippen MR) is 99.2 cm³/mol. The lowest BCUT2D eigenvalue weighted by Gasteiger charge is -2.08. The maximum atomic E-state index is 5.97. The molecule has 0 amide bonds. The van der Waals surface area contributed by atoms with Gasteiger partial charge in [-0.1, -0.05) is 18.2 Å². The Bertz CT molecular complexity index is 1060. The van der Waals surface area contributed by atoms with Crippen molar-refractivity contribution in [1.82, 2.24) is 25.1 Å². The third-order valence-electron chi connectivity index (χ3n) is 3.73. The second-order valence-electron chi connectivity index (χ2n) is 5.34. The first-order valence-electron chi connectivity index (χ1n) is 7.76. The minimum atomic E-state index is 0. The molecular weight excluding hydrogens is 332 g/mol. The van der Waals surface area contributed by atoms with Crippen molar-refractivity contribution in [1.29, 1.82) is 0 Å². The molecule has 0 saturated carbocycles. The summed E-state index contributed by atoms with van der Waals surface area (Å²) in [5.74, 6) is 1.36. The normalized spacial score (nSPS) is 10.7. The quantitative estimate of drug-likeness (QED) is 0.596. The first kappa shape index (κ1) is 15.7. The first-order chi connectivity index (χ1) is 12.8. The highest BCUT2D eigenvalue weighted by Crippen LogP contribution is 2.31. The number of nitrogens with two attached hydrogens (primary N) is 1. The van der Waals surface area contributed by atoms with Crippen molar-refractivity contribution in [3.63, 3.8) is 0 Å². The number of rotatable bonds is 4. The van der Waals surface area contributed by atoms with Crippen LogP contribution in [-0.2, 0) is 0 Å². The number of pyridine rings is 1. The van der Waals surface area contributed by atoms with E-state index in [2.05, 4.69) is 25.1 Å². The van der Waals surface area contributed by atoms with E-state index in [0.717, 1.165) is 11.1 Å². The average molecular weight is 350 g/mol. The van der Waals surface area contributed by atoms with Gasteiger partial charge in [-0.2, -0.15) is 0 Å². The van der Waals surface area contributed by atoms with Gasteiger partial charge >= 0.3 is 0 Å². The van der Waals surface area contributed by atoms with Gasteiger partial charge < -0.3 is 14.9 Å². The van der Waals surface area contributed by atoms with Crippen LogP contribution in [0.2, 0.25) is 0 Å². The number of ether oxygens (including phenoxy) is 1. The Morgan fingerprint density at radius 1 is 1.04 bits per heavy atom. The molecule has 0 fully saturated rings. The molecule has 8 heteroatoms. The summed E-state index contributed by atoms with van der Waals surface area (Å²) in [5.41, 5.74) is 8.40. The summed E-state index contributed by atoms with van der Waals surface area (Å²) in [6, 6.07) is 11.2. The number of benzene rings is 1. The molecule has 0 saturated heterocycles. The highest BCUT2D eigenvalue weighted by molar-refractivity contribution is 5.71. The van der Waals surface area contributed by atoms with Gasteiger partial charge in [-0.3, -0.25) is 4.98 Å². The van der Waals surface area contributed by atoms with E-state index in [1.807, 2.05) is 30.3 Å². The van der Waals surface area contributed by atoms with E-state index >= 15 is 0 Å². The molecular formula is C18H18N6O2. The Labute approximate surface area is 151 Å². The lowest BCUT2D eigenvalue weighted by atomic mass is 10.2. The molecule has 26 heavy (non-hydrogen) atoms. The third-order valence-corrected chi connectivity index (χ3v) is 3.73. The van der Waals surface area contributed by atoms with Gasteiger partial charge in [-0.15, -0.1) is 10.2 Å². The van der Waals surface area contributed by atoms with Gasteiger partial charge in [0.25, 0.3) is 5.89 Å². The van der Waals surface area contributed by atoms with Gasteiger partial charge in [0, 0.05) is 20.2 Å². The number of anilines is 1. The van der Waals surface area contributed by atoms with E-state index in [4.69, 9.17) is 14.9 Å². The van der Waals surface area contributed by atoms with Crippen LogP contribution in [-0.4, -0.2) is 32.3 Å². The molecule has 3 heterocycles. The summed E-state index contributed by atoms with van der Waals surface area (Å²) in [4.78, 5) is 12.8. The lowest BCUT2D eigenvalue weighted by molar-refractivity contribution is 0.414. The third kappa shape index (κ3) is 2.84. The number of methoxy groups -OCH3 is 1. The molecule has 0 spiro atoms. The molecule has 2 N–H and O–H groups in total. The summed E-state index contributed by atoms with van der Waals surface area (Å²) >= 11 is 0. The fourth-order valence-corrected chi connectivity index (χ4v) is 2.46. The van der Waals surface area contributed by atoms with Crippen molar-refractivity contribution < 1.29 is 12.0 Å². The van der Waals surface area contributed by atoms with Gasteiger partial charge in [0.15, 0.2) is 11.5 Å². The van der Waals surface area contributed by atoms with E-state index < -0.39 is 0 Å². The first-order valence-corrected chi connectivity index (χ1v) is 7.76. The van der Waals surface area contributed by atoms with Crippen molar-refractivity contribution in [2.45, 2.75) is 0 Å². The Hall–Kier alpha value is -3.81. The largest absolute Gasteiger partial charge is 0.494 e. The van der Waals surface area contributed by atoms with Crippen molar-refractivity contribution in [3.05, 3.63) is 55.0 Å². The van der Waals surface area contributed by atoms with Gasteiger partial charge in [-0.05, 0) is 18.2 Å². The average Bonchev–Trinajstić information content (AvgIpc) is 3.19. The Morgan fingerprint density at radius 3 is 2.65 bits per heavy atom. The van der Waals surface area contributed by atoms with Gasteiger partial charge in [0.1, 0.15) is 5.75 Å².